The van der Waals surface area contributed by atoms with Crippen LogP contribution in [-0.4, -0.2) is 56.4 Å². The maximum atomic E-state index is 13.5. The van der Waals surface area contributed by atoms with E-state index in [1.54, 1.807) is 23.0 Å². The van der Waals surface area contributed by atoms with Crippen LogP contribution in [0.5, 0.6) is 0 Å². The topological polar surface area (TPSA) is 54.3 Å². The molecule has 1 atom stereocenters. The number of nitrogens with zero attached hydrogens (tertiary/aromatic N) is 5. The van der Waals surface area contributed by atoms with Gasteiger partial charge in [0.1, 0.15) is 5.82 Å². The summed E-state index contributed by atoms with van der Waals surface area (Å²) >= 11 is 0. The van der Waals surface area contributed by atoms with Crippen LogP contribution in [0.15, 0.2) is 30.5 Å². The molecule has 1 unspecified atom stereocenters. The van der Waals surface area contributed by atoms with Gasteiger partial charge in [0.15, 0.2) is 5.69 Å². The van der Waals surface area contributed by atoms with Crippen molar-refractivity contribution >= 4 is 5.91 Å². The van der Waals surface area contributed by atoms with E-state index in [0.717, 1.165) is 64.0 Å². The molecule has 150 valence electrons. The van der Waals surface area contributed by atoms with Gasteiger partial charge in [0.2, 0.25) is 0 Å². The summed E-state index contributed by atoms with van der Waals surface area (Å²) in [7, 11) is 0. The molecule has 0 radical (unpaired) electrons. The Morgan fingerprint density at radius 1 is 1.14 bits per heavy atom. The number of amides is 1. The predicted molar refractivity (Wildman–Crippen MR) is 104 cm³/mol. The second-order valence-corrected chi connectivity index (χ2v) is 7.90. The molecule has 2 aliphatic heterocycles. The Morgan fingerprint density at radius 2 is 1.96 bits per heavy atom. The number of halogens is 1. The number of aromatic nitrogens is 3. The van der Waals surface area contributed by atoms with Crippen molar-refractivity contribution in [1.29, 1.82) is 0 Å². The minimum Gasteiger partial charge on any atom is -0.337 e. The molecule has 2 fully saturated rings. The van der Waals surface area contributed by atoms with Gasteiger partial charge in [-0.2, -0.15) is 0 Å². The van der Waals surface area contributed by atoms with Crippen molar-refractivity contribution in [2.24, 2.45) is 0 Å². The van der Waals surface area contributed by atoms with Gasteiger partial charge in [0, 0.05) is 32.2 Å². The Labute approximate surface area is 165 Å². The first-order valence-corrected chi connectivity index (χ1v) is 10.4. The molecule has 0 spiro atoms. The fourth-order valence-corrected chi connectivity index (χ4v) is 4.33. The van der Waals surface area contributed by atoms with Gasteiger partial charge in [-0.15, -0.1) is 5.10 Å². The van der Waals surface area contributed by atoms with E-state index < -0.39 is 0 Å². The molecule has 0 bridgehead atoms. The highest BCUT2D eigenvalue weighted by Crippen LogP contribution is 2.23. The summed E-state index contributed by atoms with van der Waals surface area (Å²) in [5.74, 6) is -0.182. The van der Waals surface area contributed by atoms with Crippen LogP contribution in [0.4, 0.5) is 4.39 Å². The summed E-state index contributed by atoms with van der Waals surface area (Å²) in [6, 6.07) is 7.32. The fourth-order valence-electron chi connectivity index (χ4n) is 4.33. The van der Waals surface area contributed by atoms with Crippen molar-refractivity contribution in [3.63, 3.8) is 0 Å². The Morgan fingerprint density at radius 3 is 2.79 bits per heavy atom. The number of piperidine rings is 1. The SMILES string of the molecule is O=C(c1cn(CCC2CCCCN2Cc2cccc(F)c2)nn1)N1CCCC1. The molecule has 7 heteroatoms. The molecule has 2 aromatic rings. The smallest absolute Gasteiger partial charge is 0.276 e. The van der Waals surface area contributed by atoms with Gasteiger partial charge in [-0.1, -0.05) is 23.8 Å². The van der Waals surface area contributed by atoms with Gasteiger partial charge in [0.05, 0.1) is 6.20 Å². The van der Waals surface area contributed by atoms with Crippen molar-refractivity contribution in [2.45, 2.75) is 57.7 Å². The number of rotatable bonds is 6. The normalized spacial score (nSPS) is 20.6. The van der Waals surface area contributed by atoms with Crippen LogP contribution in [0.25, 0.3) is 0 Å². The van der Waals surface area contributed by atoms with Crippen LogP contribution in [0, 0.1) is 5.82 Å². The third-order valence-electron chi connectivity index (χ3n) is 5.87. The molecule has 0 N–H and O–H groups in total. The maximum absolute atomic E-state index is 13.5. The van der Waals surface area contributed by atoms with Crippen LogP contribution < -0.4 is 0 Å². The number of hydrogen-bond donors (Lipinski definition) is 0. The van der Waals surface area contributed by atoms with Crippen molar-refractivity contribution in [3.05, 3.63) is 47.5 Å². The summed E-state index contributed by atoms with van der Waals surface area (Å²) in [6.45, 7) is 4.20. The zero-order valence-corrected chi connectivity index (χ0v) is 16.3. The maximum Gasteiger partial charge on any atom is 0.276 e. The van der Waals surface area contributed by atoms with Crippen LogP contribution in [0.2, 0.25) is 0 Å². The van der Waals surface area contributed by atoms with Gasteiger partial charge >= 0.3 is 0 Å². The summed E-state index contributed by atoms with van der Waals surface area (Å²) in [6.07, 6.45) is 8.43. The van der Waals surface area contributed by atoms with Crippen LogP contribution in [-0.2, 0) is 13.1 Å². The zero-order chi connectivity index (χ0) is 19.3. The Balaban J connectivity index is 1.34. The van der Waals surface area contributed by atoms with E-state index in [0.29, 0.717) is 11.7 Å². The Bertz CT molecular complexity index is 802. The van der Waals surface area contributed by atoms with Gasteiger partial charge in [-0.25, -0.2) is 4.39 Å². The van der Waals surface area contributed by atoms with E-state index in [1.807, 2.05) is 11.0 Å². The molecule has 0 aliphatic carbocycles. The fraction of sp³-hybridized carbons (Fsp3) is 0.571. The molecule has 2 aliphatic rings. The standard InChI is InChI=1S/C21H28FN5O/c22-18-7-5-6-17(14-18)15-26-12-2-1-8-19(26)9-13-27-16-20(23-24-27)21(28)25-10-3-4-11-25/h5-7,14,16,19H,1-4,8-13,15H2. The lowest BCUT2D eigenvalue weighted by Gasteiger charge is -2.35. The molecule has 4 rings (SSSR count). The first kappa shape index (κ1) is 19.1. The first-order valence-electron chi connectivity index (χ1n) is 10.4. The lowest BCUT2D eigenvalue weighted by atomic mass is 9.98. The lowest BCUT2D eigenvalue weighted by Crippen LogP contribution is -2.39. The second kappa shape index (κ2) is 8.82. The molecule has 1 aromatic carbocycles. The average molecular weight is 385 g/mol. The van der Waals surface area contributed by atoms with E-state index in [4.69, 9.17) is 0 Å². The molecule has 0 saturated carbocycles. The highest BCUT2D eigenvalue weighted by Gasteiger charge is 2.24. The number of carbonyl (C=O) groups is 1. The van der Waals surface area contributed by atoms with Gasteiger partial charge < -0.3 is 4.90 Å². The van der Waals surface area contributed by atoms with E-state index >= 15 is 0 Å². The van der Waals surface area contributed by atoms with Gasteiger partial charge in [-0.3, -0.25) is 14.4 Å². The van der Waals surface area contributed by atoms with Crippen molar-refractivity contribution < 1.29 is 9.18 Å². The lowest BCUT2D eigenvalue weighted by molar-refractivity contribution is 0.0787. The van der Waals surface area contributed by atoms with E-state index in [9.17, 15) is 9.18 Å². The molecular formula is C21H28FN5O. The van der Waals surface area contributed by atoms with Crippen molar-refractivity contribution in [3.8, 4) is 0 Å². The van der Waals surface area contributed by atoms with Gasteiger partial charge in [0.25, 0.3) is 5.91 Å². The average Bonchev–Trinajstić information content (AvgIpc) is 3.39. The second-order valence-electron chi connectivity index (χ2n) is 7.90. The number of aryl methyl sites for hydroxylation is 1. The number of hydrogen-bond acceptors (Lipinski definition) is 4. The number of benzene rings is 1. The third kappa shape index (κ3) is 4.58. The third-order valence-corrected chi connectivity index (χ3v) is 5.87. The highest BCUT2D eigenvalue weighted by molar-refractivity contribution is 5.92. The molecule has 1 amide bonds. The van der Waals surface area contributed by atoms with Crippen molar-refractivity contribution in [2.75, 3.05) is 19.6 Å². The molecule has 6 nitrogen and oxygen atoms in total. The number of carbonyl (C=O) groups excluding carboxylic acids is 1. The minimum atomic E-state index is -0.177. The molecule has 3 heterocycles. The summed E-state index contributed by atoms with van der Waals surface area (Å²) < 4.78 is 15.3. The zero-order valence-electron chi connectivity index (χ0n) is 16.3. The molecular weight excluding hydrogens is 357 g/mol. The molecule has 2 saturated heterocycles. The van der Waals surface area contributed by atoms with Crippen molar-refractivity contribution in [1.82, 2.24) is 24.8 Å². The Kier molecular flexibility index (Phi) is 6.00. The summed E-state index contributed by atoms with van der Waals surface area (Å²) in [5, 5.41) is 8.25. The van der Waals surface area contributed by atoms with E-state index in [2.05, 4.69) is 15.2 Å². The first-order chi connectivity index (χ1) is 13.7. The predicted octanol–water partition coefficient (Wildman–Crippen LogP) is 3.10. The van der Waals surface area contributed by atoms with Crippen LogP contribution in [0.3, 0.4) is 0 Å². The van der Waals surface area contributed by atoms with E-state index in [-0.39, 0.29) is 11.7 Å². The van der Waals surface area contributed by atoms with Gasteiger partial charge in [-0.05, 0) is 56.3 Å². The van der Waals surface area contributed by atoms with Crippen LogP contribution in [0.1, 0.15) is 54.6 Å². The molecule has 1 aromatic heterocycles. The summed E-state index contributed by atoms with van der Waals surface area (Å²) in [4.78, 5) is 16.7. The largest absolute Gasteiger partial charge is 0.337 e. The highest BCUT2D eigenvalue weighted by atomic mass is 19.1. The van der Waals surface area contributed by atoms with Crippen LogP contribution >= 0.6 is 0 Å². The molecule has 28 heavy (non-hydrogen) atoms. The van der Waals surface area contributed by atoms with E-state index in [1.165, 1.54) is 18.9 Å². The quantitative estimate of drug-likeness (QED) is 0.767. The summed E-state index contributed by atoms with van der Waals surface area (Å²) in [5.41, 5.74) is 1.47. The minimum absolute atomic E-state index is 0.00542. The Hall–Kier alpha value is -2.28. The number of likely N-dealkylation sites (tertiary alicyclic amines) is 2. The monoisotopic (exact) mass is 385 g/mol.